The molecule has 2 aromatic heterocycles. The third-order valence-corrected chi connectivity index (χ3v) is 4.75. The summed E-state index contributed by atoms with van der Waals surface area (Å²) in [5.74, 6) is 0. The summed E-state index contributed by atoms with van der Waals surface area (Å²) in [6.07, 6.45) is 3.84. The molecule has 1 atom stereocenters. The van der Waals surface area contributed by atoms with Gasteiger partial charge >= 0.3 is 0 Å². The Hall–Kier alpha value is -1.88. The van der Waals surface area contributed by atoms with Gasteiger partial charge in [-0.3, -0.25) is 4.98 Å². The van der Waals surface area contributed by atoms with Crippen molar-refractivity contribution in [3.05, 3.63) is 64.6 Å². The summed E-state index contributed by atoms with van der Waals surface area (Å²) in [6.45, 7) is 2.31. The van der Waals surface area contributed by atoms with E-state index in [4.69, 9.17) is 11.6 Å². The molecule has 0 spiro atoms. The van der Waals surface area contributed by atoms with Crippen molar-refractivity contribution >= 4 is 22.5 Å². The molecule has 0 saturated heterocycles. The van der Waals surface area contributed by atoms with Crippen LogP contribution >= 0.6 is 11.6 Å². The first-order valence-corrected chi connectivity index (χ1v) is 8.20. The van der Waals surface area contributed by atoms with Crippen molar-refractivity contribution < 1.29 is 5.11 Å². The number of benzene rings is 1. The van der Waals surface area contributed by atoms with E-state index >= 15 is 0 Å². The molecule has 0 fully saturated rings. The second-order valence-electron chi connectivity index (χ2n) is 5.93. The van der Waals surface area contributed by atoms with E-state index in [1.807, 2.05) is 30.3 Å². The van der Waals surface area contributed by atoms with Gasteiger partial charge in [-0.2, -0.15) is 0 Å². The summed E-state index contributed by atoms with van der Waals surface area (Å²) in [7, 11) is 0. The molecule has 1 aliphatic rings. The number of fused-ring (bicyclic) bond motifs is 3. The maximum atomic E-state index is 10.6. The molecule has 0 aliphatic carbocycles. The third kappa shape index (κ3) is 2.63. The molecule has 0 bridgehead atoms. The Morgan fingerprint density at radius 2 is 2.26 bits per heavy atom. The monoisotopic (exact) mass is 327 g/mol. The van der Waals surface area contributed by atoms with Gasteiger partial charge in [0.1, 0.15) is 0 Å². The quantitative estimate of drug-likeness (QED) is 0.777. The fourth-order valence-corrected chi connectivity index (χ4v) is 3.58. The Morgan fingerprint density at radius 3 is 3.09 bits per heavy atom. The van der Waals surface area contributed by atoms with Gasteiger partial charge in [0.15, 0.2) is 0 Å². The average Bonchev–Trinajstić information content (AvgIpc) is 2.89. The number of aromatic nitrogens is 2. The summed E-state index contributed by atoms with van der Waals surface area (Å²) >= 11 is 6.19. The van der Waals surface area contributed by atoms with Crippen molar-refractivity contribution in [3.63, 3.8) is 0 Å². The van der Waals surface area contributed by atoms with Crippen molar-refractivity contribution in [1.82, 2.24) is 14.9 Å². The first kappa shape index (κ1) is 14.7. The van der Waals surface area contributed by atoms with E-state index in [9.17, 15) is 5.11 Å². The van der Waals surface area contributed by atoms with Crippen molar-refractivity contribution in [1.29, 1.82) is 0 Å². The van der Waals surface area contributed by atoms with Crippen LogP contribution in [0, 0.1) is 0 Å². The van der Waals surface area contributed by atoms with Crippen LogP contribution in [0.15, 0.2) is 42.7 Å². The summed E-state index contributed by atoms with van der Waals surface area (Å²) in [5, 5.41) is 16.0. The Labute approximate surface area is 139 Å². The molecule has 2 N–H and O–H groups in total. The zero-order valence-corrected chi connectivity index (χ0v) is 13.4. The number of rotatable bonds is 3. The van der Waals surface area contributed by atoms with E-state index in [0.29, 0.717) is 6.54 Å². The Morgan fingerprint density at radius 1 is 1.35 bits per heavy atom. The van der Waals surface area contributed by atoms with Gasteiger partial charge < -0.3 is 15.0 Å². The molecule has 23 heavy (non-hydrogen) atoms. The topological polar surface area (TPSA) is 50.1 Å². The lowest BCUT2D eigenvalue weighted by Gasteiger charge is -2.19. The largest absolute Gasteiger partial charge is 0.386 e. The number of aliphatic hydroxyl groups excluding tert-OH is 1. The fraction of sp³-hybridized carbons (Fsp3) is 0.278. The lowest BCUT2D eigenvalue weighted by Crippen LogP contribution is -2.25. The minimum absolute atomic E-state index is 0.515. The molecule has 1 aromatic carbocycles. The molecule has 0 radical (unpaired) electrons. The van der Waals surface area contributed by atoms with Gasteiger partial charge in [-0.1, -0.05) is 17.7 Å². The lowest BCUT2D eigenvalue weighted by atomic mass is 10.0. The van der Waals surface area contributed by atoms with E-state index in [1.165, 1.54) is 16.6 Å². The number of aliphatic hydroxyl groups is 1. The molecule has 118 valence electrons. The van der Waals surface area contributed by atoms with Crippen LogP contribution in [0.5, 0.6) is 0 Å². The van der Waals surface area contributed by atoms with Crippen LogP contribution in [0.3, 0.4) is 0 Å². The molecule has 1 aliphatic heterocycles. The van der Waals surface area contributed by atoms with Gasteiger partial charge in [0.25, 0.3) is 0 Å². The summed E-state index contributed by atoms with van der Waals surface area (Å²) in [4.78, 5) is 4.10. The summed E-state index contributed by atoms with van der Waals surface area (Å²) < 4.78 is 2.21. The molecule has 5 heteroatoms. The fourth-order valence-electron chi connectivity index (χ4n) is 3.41. The van der Waals surface area contributed by atoms with Crippen LogP contribution in [0.1, 0.15) is 22.9 Å². The number of halogens is 1. The predicted molar refractivity (Wildman–Crippen MR) is 91.6 cm³/mol. The van der Waals surface area contributed by atoms with Crippen LogP contribution in [0.2, 0.25) is 5.02 Å². The van der Waals surface area contributed by atoms with Crippen LogP contribution in [-0.4, -0.2) is 21.2 Å². The molecule has 3 aromatic rings. The maximum Gasteiger partial charge on any atom is 0.0983 e. The van der Waals surface area contributed by atoms with Crippen LogP contribution < -0.4 is 5.32 Å². The zero-order valence-electron chi connectivity index (χ0n) is 12.7. The van der Waals surface area contributed by atoms with E-state index in [0.717, 1.165) is 35.6 Å². The highest BCUT2D eigenvalue weighted by Crippen LogP contribution is 2.32. The average molecular weight is 328 g/mol. The van der Waals surface area contributed by atoms with Gasteiger partial charge in [-0.25, -0.2) is 0 Å². The normalized spacial score (nSPS) is 15.6. The van der Waals surface area contributed by atoms with Crippen molar-refractivity contribution in [2.45, 2.75) is 25.6 Å². The van der Waals surface area contributed by atoms with Crippen molar-refractivity contribution in [3.8, 4) is 0 Å². The minimum atomic E-state index is -0.582. The molecule has 4 rings (SSSR count). The van der Waals surface area contributed by atoms with Crippen LogP contribution in [0.25, 0.3) is 10.9 Å². The summed E-state index contributed by atoms with van der Waals surface area (Å²) in [6, 6.07) is 9.75. The van der Waals surface area contributed by atoms with Gasteiger partial charge in [-0.15, -0.1) is 0 Å². The molecule has 1 unspecified atom stereocenters. The Kier molecular flexibility index (Phi) is 3.81. The maximum absolute atomic E-state index is 10.6. The Balaban J connectivity index is 1.80. The molecule has 0 saturated carbocycles. The highest BCUT2D eigenvalue weighted by Gasteiger charge is 2.21. The van der Waals surface area contributed by atoms with Gasteiger partial charge in [0, 0.05) is 46.1 Å². The number of nitrogens with zero attached hydrogens (tertiary/aromatic N) is 2. The SMILES string of the molecule is OC(Cn1c2c(c3cc(Cl)ccc31)CCNC2)c1cccnc1. The highest BCUT2D eigenvalue weighted by atomic mass is 35.5. The van der Waals surface area contributed by atoms with Crippen molar-refractivity contribution in [2.24, 2.45) is 0 Å². The smallest absolute Gasteiger partial charge is 0.0983 e. The molecular weight excluding hydrogens is 310 g/mol. The third-order valence-electron chi connectivity index (χ3n) is 4.52. The van der Waals surface area contributed by atoms with Crippen LogP contribution in [-0.2, 0) is 19.5 Å². The lowest BCUT2D eigenvalue weighted by molar-refractivity contribution is 0.156. The van der Waals surface area contributed by atoms with E-state index < -0.39 is 6.10 Å². The Bertz CT molecular complexity index is 844. The number of pyridine rings is 1. The van der Waals surface area contributed by atoms with Gasteiger partial charge in [-0.05, 0) is 42.8 Å². The van der Waals surface area contributed by atoms with E-state index in [1.54, 1.807) is 12.4 Å². The predicted octanol–water partition coefficient (Wildman–Crippen LogP) is 3.07. The standard InChI is InChI=1S/C18H18ClN3O/c19-13-3-4-16-15(8-13)14-5-7-21-10-17(14)22(16)11-18(23)12-2-1-6-20-9-12/h1-4,6,8-9,18,21,23H,5,7,10-11H2. The zero-order chi connectivity index (χ0) is 15.8. The summed E-state index contributed by atoms with van der Waals surface area (Å²) in [5.41, 5.74) is 4.56. The second-order valence-corrected chi connectivity index (χ2v) is 6.36. The van der Waals surface area contributed by atoms with E-state index in [2.05, 4.69) is 14.9 Å². The first-order valence-electron chi connectivity index (χ1n) is 7.82. The number of hydrogen-bond donors (Lipinski definition) is 2. The van der Waals surface area contributed by atoms with Crippen molar-refractivity contribution in [2.75, 3.05) is 6.54 Å². The molecule has 3 heterocycles. The number of nitrogens with one attached hydrogen (secondary N) is 1. The molecule has 0 amide bonds. The molecule has 4 nitrogen and oxygen atoms in total. The number of hydrogen-bond acceptors (Lipinski definition) is 3. The highest BCUT2D eigenvalue weighted by molar-refractivity contribution is 6.31. The van der Waals surface area contributed by atoms with Crippen LogP contribution in [0.4, 0.5) is 0 Å². The van der Waals surface area contributed by atoms with E-state index in [-0.39, 0.29) is 0 Å². The second kappa shape index (κ2) is 5.96. The minimum Gasteiger partial charge on any atom is -0.386 e. The van der Waals surface area contributed by atoms with Gasteiger partial charge in [0.05, 0.1) is 12.6 Å². The first-order chi connectivity index (χ1) is 11.2. The van der Waals surface area contributed by atoms with Gasteiger partial charge in [0.2, 0.25) is 0 Å². The molecular formula is C18H18ClN3O.